The maximum Gasteiger partial charge on any atom is 0.431 e. The Bertz CT molecular complexity index is 274. The molecule has 1 aromatic carbocycles. The Morgan fingerprint density at radius 2 is 2.14 bits per heavy atom. The van der Waals surface area contributed by atoms with Crippen LogP contribution in [0.2, 0.25) is 0 Å². The lowest BCUT2D eigenvalue weighted by molar-refractivity contribution is 0.0585. The molecule has 0 fully saturated rings. The van der Waals surface area contributed by atoms with Crippen LogP contribution >= 0.6 is 0 Å². The Morgan fingerprint density at radius 3 is 2.79 bits per heavy atom. The molecule has 4 heteroatoms. The van der Waals surface area contributed by atoms with Crippen LogP contribution in [0.5, 0.6) is 0 Å². The van der Waals surface area contributed by atoms with Crippen molar-refractivity contribution in [2.45, 2.75) is 13.5 Å². The summed E-state index contributed by atoms with van der Waals surface area (Å²) < 4.78 is 4.84. The van der Waals surface area contributed by atoms with Crippen molar-refractivity contribution >= 4 is 6.09 Å². The van der Waals surface area contributed by atoms with E-state index in [2.05, 4.69) is 10.3 Å². The van der Waals surface area contributed by atoms with Gasteiger partial charge in [0.1, 0.15) is 13.2 Å². The fourth-order valence-electron chi connectivity index (χ4n) is 0.860. The molecule has 0 unspecified atom stereocenters. The van der Waals surface area contributed by atoms with E-state index < -0.39 is 6.09 Å². The molecule has 4 nitrogen and oxygen atoms in total. The number of nitrogens with one attached hydrogen (secondary N) is 1. The first-order valence-electron chi connectivity index (χ1n) is 4.23. The lowest BCUT2D eigenvalue weighted by Crippen LogP contribution is -2.23. The van der Waals surface area contributed by atoms with Crippen LogP contribution in [0.4, 0.5) is 4.79 Å². The van der Waals surface area contributed by atoms with E-state index in [4.69, 9.17) is 4.74 Å². The van der Waals surface area contributed by atoms with Gasteiger partial charge in [0.15, 0.2) is 0 Å². The predicted molar refractivity (Wildman–Crippen MR) is 50.8 cm³/mol. The first kappa shape index (κ1) is 10.5. The molecule has 1 aromatic rings. The fraction of sp³-hybridized carbons (Fsp3) is 0.200. The van der Waals surface area contributed by atoms with Crippen molar-refractivity contribution < 1.29 is 14.4 Å². The van der Waals surface area contributed by atoms with Gasteiger partial charge in [0.25, 0.3) is 0 Å². The van der Waals surface area contributed by atoms with Crippen molar-refractivity contribution in [1.82, 2.24) is 5.48 Å². The molecule has 1 radical (unpaired) electrons. The van der Waals surface area contributed by atoms with Crippen LogP contribution < -0.4 is 5.48 Å². The Balaban J connectivity index is 2.24. The summed E-state index contributed by atoms with van der Waals surface area (Å²) in [6, 6.07) is 9.42. The molecule has 0 heterocycles. The average molecular weight is 194 g/mol. The quantitative estimate of drug-likeness (QED) is 0.746. The highest BCUT2D eigenvalue weighted by Gasteiger charge is 2.00. The molecule has 0 atom stereocenters. The molecule has 0 saturated carbocycles. The topological polar surface area (TPSA) is 47.6 Å². The standard InChI is InChI=1S/C10H12NO3/c1-2-14-11-10(12)13-8-9-6-4-3-5-7-9/h2-7H,8H2,1H3,(H,11,12). The molecular formula is C10H12NO3. The largest absolute Gasteiger partial charge is 0.443 e. The second-order valence-corrected chi connectivity index (χ2v) is 2.52. The molecule has 1 rings (SSSR count). The Hall–Kier alpha value is -1.55. The van der Waals surface area contributed by atoms with Crippen molar-refractivity contribution in [2.75, 3.05) is 0 Å². The average Bonchev–Trinajstić information content (AvgIpc) is 2.25. The third kappa shape index (κ3) is 3.91. The summed E-state index contributed by atoms with van der Waals surface area (Å²) in [6.45, 7) is 3.24. The summed E-state index contributed by atoms with van der Waals surface area (Å²) in [7, 11) is 0. The zero-order valence-corrected chi connectivity index (χ0v) is 7.90. The zero-order chi connectivity index (χ0) is 10.2. The van der Waals surface area contributed by atoms with Gasteiger partial charge in [-0.3, -0.25) is 4.84 Å². The van der Waals surface area contributed by atoms with Crippen molar-refractivity contribution in [3.8, 4) is 0 Å². The number of benzene rings is 1. The first-order chi connectivity index (χ1) is 6.83. The second-order valence-electron chi connectivity index (χ2n) is 2.52. The number of ether oxygens (including phenoxy) is 1. The number of hydroxylamine groups is 1. The SMILES string of the molecule is C[CH]ONC(=O)OCc1ccccc1. The summed E-state index contributed by atoms with van der Waals surface area (Å²) in [5.74, 6) is 0. The Labute approximate surface area is 82.8 Å². The van der Waals surface area contributed by atoms with E-state index in [1.54, 1.807) is 6.92 Å². The molecule has 0 aromatic heterocycles. The molecule has 14 heavy (non-hydrogen) atoms. The van der Waals surface area contributed by atoms with Gasteiger partial charge in [-0.25, -0.2) is 4.79 Å². The molecule has 1 amide bonds. The summed E-state index contributed by atoms with van der Waals surface area (Å²) >= 11 is 0. The van der Waals surface area contributed by atoms with Crippen LogP contribution in [0.25, 0.3) is 0 Å². The highest BCUT2D eigenvalue weighted by atomic mass is 16.7. The van der Waals surface area contributed by atoms with Crippen molar-refractivity contribution in [3.05, 3.63) is 42.5 Å². The molecule has 0 bridgehead atoms. The van der Waals surface area contributed by atoms with E-state index in [0.717, 1.165) is 5.56 Å². The number of rotatable bonds is 4. The number of carbonyl (C=O) groups excluding carboxylic acids is 1. The van der Waals surface area contributed by atoms with Gasteiger partial charge in [0.05, 0.1) is 0 Å². The third-order valence-corrected chi connectivity index (χ3v) is 1.47. The minimum Gasteiger partial charge on any atom is -0.443 e. The second kappa shape index (κ2) is 5.99. The van der Waals surface area contributed by atoms with Gasteiger partial charge in [-0.2, -0.15) is 5.48 Å². The normalized spacial score (nSPS) is 9.50. The molecule has 0 aliphatic heterocycles. The van der Waals surface area contributed by atoms with E-state index >= 15 is 0 Å². The fourth-order valence-corrected chi connectivity index (χ4v) is 0.860. The summed E-state index contributed by atoms with van der Waals surface area (Å²) in [4.78, 5) is 15.4. The summed E-state index contributed by atoms with van der Waals surface area (Å²) in [5, 5.41) is 0. The number of hydrogen-bond donors (Lipinski definition) is 1. The molecular weight excluding hydrogens is 182 g/mol. The molecule has 0 aliphatic carbocycles. The number of carbonyl (C=O) groups is 1. The van der Waals surface area contributed by atoms with Gasteiger partial charge < -0.3 is 4.74 Å². The van der Waals surface area contributed by atoms with E-state index in [0.29, 0.717) is 0 Å². The predicted octanol–water partition coefficient (Wildman–Crippen LogP) is 2.03. The van der Waals surface area contributed by atoms with Crippen LogP contribution in [0.3, 0.4) is 0 Å². The minimum absolute atomic E-state index is 0.236. The smallest absolute Gasteiger partial charge is 0.431 e. The van der Waals surface area contributed by atoms with Crippen molar-refractivity contribution in [2.24, 2.45) is 0 Å². The van der Waals surface area contributed by atoms with Gasteiger partial charge in [-0.1, -0.05) is 30.3 Å². The van der Waals surface area contributed by atoms with Crippen LogP contribution in [-0.4, -0.2) is 6.09 Å². The van der Waals surface area contributed by atoms with E-state index in [-0.39, 0.29) is 6.61 Å². The molecule has 75 valence electrons. The zero-order valence-electron chi connectivity index (χ0n) is 7.90. The lowest BCUT2D eigenvalue weighted by Gasteiger charge is -2.05. The maximum absolute atomic E-state index is 10.9. The number of hydrogen-bond acceptors (Lipinski definition) is 3. The monoisotopic (exact) mass is 194 g/mol. The maximum atomic E-state index is 10.9. The van der Waals surface area contributed by atoms with Gasteiger partial charge >= 0.3 is 6.09 Å². The van der Waals surface area contributed by atoms with Crippen LogP contribution in [0.15, 0.2) is 30.3 Å². The van der Waals surface area contributed by atoms with Crippen LogP contribution in [0, 0.1) is 6.61 Å². The third-order valence-electron chi connectivity index (χ3n) is 1.47. The highest BCUT2D eigenvalue weighted by molar-refractivity contribution is 5.65. The van der Waals surface area contributed by atoms with E-state index in [1.807, 2.05) is 30.3 Å². The van der Waals surface area contributed by atoms with E-state index in [9.17, 15) is 4.79 Å². The first-order valence-corrected chi connectivity index (χ1v) is 4.23. The van der Waals surface area contributed by atoms with Crippen molar-refractivity contribution in [1.29, 1.82) is 0 Å². The van der Waals surface area contributed by atoms with Gasteiger partial charge in [-0.05, 0) is 12.5 Å². The van der Waals surface area contributed by atoms with E-state index in [1.165, 1.54) is 6.61 Å². The molecule has 0 spiro atoms. The highest BCUT2D eigenvalue weighted by Crippen LogP contribution is 2.00. The summed E-state index contributed by atoms with van der Waals surface area (Å²) in [6.07, 6.45) is -0.605. The van der Waals surface area contributed by atoms with Gasteiger partial charge in [-0.15, -0.1) is 0 Å². The van der Waals surface area contributed by atoms with Crippen molar-refractivity contribution in [3.63, 3.8) is 0 Å². The van der Waals surface area contributed by atoms with Gasteiger partial charge in [0, 0.05) is 0 Å². The summed E-state index contributed by atoms with van der Waals surface area (Å²) in [5.41, 5.74) is 3.02. The number of amides is 1. The van der Waals surface area contributed by atoms with Gasteiger partial charge in [0.2, 0.25) is 0 Å². The lowest BCUT2D eigenvalue weighted by atomic mass is 10.2. The van der Waals surface area contributed by atoms with Crippen LogP contribution in [-0.2, 0) is 16.2 Å². The Kier molecular flexibility index (Phi) is 4.50. The Morgan fingerprint density at radius 1 is 1.43 bits per heavy atom. The molecule has 1 N–H and O–H groups in total. The molecule has 0 saturated heterocycles. The molecule has 0 aliphatic rings. The van der Waals surface area contributed by atoms with Crippen LogP contribution in [0.1, 0.15) is 12.5 Å². The minimum atomic E-state index is -0.605.